The number of rotatable bonds is 9. The molecule has 0 saturated carbocycles. The number of para-hydroxylation sites is 1. The van der Waals surface area contributed by atoms with Crippen molar-refractivity contribution in [3.63, 3.8) is 0 Å². The molecule has 1 aliphatic heterocycles. The lowest BCUT2D eigenvalue weighted by atomic mass is 9.79. The number of carbonyl (C=O) groups is 5. The first-order chi connectivity index (χ1) is 17.6. The second-order valence-corrected chi connectivity index (χ2v) is 7.91. The van der Waals surface area contributed by atoms with E-state index in [4.69, 9.17) is 29.9 Å². The van der Waals surface area contributed by atoms with Gasteiger partial charge in [0.05, 0.1) is 49.0 Å². The van der Waals surface area contributed by atoms with Crippen LogP contribution in [0.1, 0.15) is 38.2 Å². The first-order valence-electron chi connectivity index (χ1n) is 10.6. The zero-order chi connectivity index (χ0) is 29.4. The molecule has 38 heavy (non-hydrogen) atoms. The summed E-state index contributed by atoms with van der Waals surface area (Å²) < 4.78 is 9.66. The van der Waals surface area contributed by atoms with E-state index in [0.717, 1.165) is 0 Å². The average Bonchev–Trinajstić information content (AvgIpc) is 2.81. The highest BCUT2D eigenvalue weighted by atomic mass is 16.6. The van der Waals surface area contributed by atoms with Crippen LogP contribution in [0.3, 0.4) is 0 Å². The Hall–Kier alpha value is -4.79. The highest BCUT2D eigenvalue weighted by Gasteiger charge is 2.41. The highest BCUT2D eigenvalue weighted by molar-refractivity contribution is 6.00. The van der Waals surface area contributed by atoms with Gasteiger partial charge in [-0.15, -0.1) is 0 Å². The minimum absolute atomic E-state index is 0.128. The predicted molar refractivity (Wildman–Crippen MR) is 125 cm³/mol. The average molecular weight is 538 g/mol. The van der Waals surface area contributed by atoms with E-state index in [9.17, 15) is 34.1 Å². The standard InChI is InChI=1S/C17H18N2O6.C6H8O7/c1-9-13(16(20)24-3)15(14(10(2)18-9)17(21)25-4)11-7-5-6-8-12(11)19(22)23;7-3(8)1-6(13,5(11)12)2-4(9)10/h5-8,15,18H,1-4H3;13H,1-2H2,(H,7,8)(H,9,10)(H,11,12). The molecule has 15 heteroatoms. The van der Waals surface area contributed by atoms with Crippen molar-refractivity contribution in [3.8, 4) is 0 Å². The predicted octanol–water partition coefficient (Wildman–Crippen LogP) is 0.927. The number of hydrogen-bond acceptors (Lipinski definition) is 11. The third-order valence-electron chi connectivity index (χ3n) is 5.30. The lowest BCUT2D eigenvalue weighted by Gasteiger charge is -2.29. The number of methoxy groups -OCH3 is 2. The Kier molecular flexibility index (Phi) is 10.7. The Morgan fingerprint density at radius 3 is 1.68 bits per heavy atom. The molecule has 1 heterocycles. The number of allylic oxidation sites excluding steroid dienone is 2. The Bertz CT molecular complexity index is 1160. The summed E-state index contributed by atoms with van der Waals surface area (Å²) in [5.41, 5.74) is -1.55. The number of nitrogens with zero attached hydrogens (tertiary/aromatic N) is 1. The van der Waals surface area contributed by atoms with Gasteiger partial charge in [0, 0.05) is 23.0 Å². The monoisotopic (exact) mass is 538 g/mol. The van der Waals surface area contributed by atoms with E-state index >= 15 is 0 Å². The van der Waals surface area contributed by atoms with Gasteiger partial charge in [-0.3, -0.25) is 19.7 Å². The molecule has 0 saturated heterocycles. The van der Waals surface area contributed by atoms with Crippen LogP contribution in [0.25, 0.3) is 0 Å². The number of nitrogens with one attached hydrogen (secondary N) is 1. The summed E-state index contributed by atoms with van der Waals surface area (Å²) in [7, 11) is 2.42. The van der Waals surface area contributed by atoms with Gasteiger partial charge in [-0.1, -0.05) is 18.2 Å². The fourth-order valence-electron chi connectivity index (χ4n) is 3.68. The molecule has 0 spiro atoms. The van der Waals surface area contributed by atoms with Crippen LogP contribution in [0, 0.1) is 10.1 Å². The van der Waals surface area contributed by atoms with Crippen molar-refractivity contribution < 1.29 is 58.8 Å². The van der Waals surface area contributed by atoms with E-state index in [-0.39, 0.29) is 22.4 Å². The molecular formula is C23H26N2O13. The number of benzene rings is 1. The normalized spacial score (nSPS) is 13.5. The van der Waals surface area contributed by atoms with Crippen molar-refractivity contribution in [2.45, 2.75) is 38.2 Å². The van der Waals surface area contributed by atoms with Gasteiger partial charge in [-0.25, -0.2) is 14.4 Å². The highest BCUT2D eigenvalue weighted by Crippen LogP contribution is 2.42. The van der Waals surface area contributed by atoms with Crippen LogP contribution in [0.4, 0.5) is 5.69 Å². The van der Waals surface area contributed by atoms with Gasteiger partial charge < -0.3 is 35.2 Å². The Balaban J connectivity index is 0.000000471. The molecule has 15 nitrogen and oxygen atoms in total. The van der Waals surface area contributed by atoms with E-state index < -0.39 is 59.1 Å². The smallest absolute Gasteiger partial charge is 0.336 e. The van der Waals surface area contributed by atoms with Gasteiger partial charge in [0.25, 0.3) is 5.69 Å². The maximum Gasteiger partial charge on any atom is 0.336 e. The zero-order valence-corrected chi connectivity index (χ0v) is 20.7. The van der Waals surface area contributed by atoms with Crippen LogP contribution in [-0.4, -0.2) is 75.0 Å². The number of nitro benzene ring substituents is 1. The number of carboxylic acid groups (broad SMARTS) is 3. The van der Waals surface area contributed by atoms with E-state index in [1.807, 2.05) is 0 Å². The number of aliphatic carboxylic acids is 3. The summed E-state index contributed by atoms with van der Waals surface area (Å²) >= 11 is 0. The summed E-state index contributed by atoms with van der Waals surface area (Å²) in [6, 6.07) is 5.97. The number of nitro groups is 1. The Morgan fingerprint density at radius 2 is 1.34 bits per heavy atom. The molecule has 0 atom stereocenters. The third-order valence-corrected chi connectivity index (χ3v) is 5.30. The lowest BCUT2D eigenvalue weighted by molar-refractivity contribution is -0.385. The van der Waals surface area contributed by atoms with Gasteiger partial charge in [-0.2, -0.15) is 0 Å². The quantitative estimate of drug-likeness (QED) is 0.167. The molecular weight excluding hydrogens is 512 g/mol. The van der Waals surface area contributed by atoms with Crippen molar-refractivity contribution in [1.82, 2.24) is 5.32 Å². The molecule has 1 aliphatic rings. The minimum Gasteiger partial charge on any atom is -0.481 e. The number of dihydropyridines is 1. The Labute approximate surface area is 215 Å². The first kappa shape index (κ1) is 31.2. The van der Waals surface area contributed by atoms with Crippen molar-refractivity contribution >= 4 is 35.5 Å². The minimum atomic E-state index is -2.74. The molecule has 0 amide bonds. The summed E-state index contributed by atoms with van der Waals surface area (Å²) in [4.78, 5) is 66.1. The van der Waals surface area contributed by atoms with Crippen molar-refractivity contribution in [2.75, 3.05) is 14.2 Å². The van der Waals surface area contributed by atoms with Gasteiger partial charge in [-0.05, 0) is 13.8 Å². The number of aliphatic hydroxyl groups is 1. The van der Waals surface area contributed by atoms with Crippen LogP contribution in [-0.2, 0) is 33.4 Å². The maximum atomic E-state index is 12.3. The van der Waals surface area contributed by atoms with E-state index in [2.05, 4.69) is 5.32 Å². The van der Waals surface area contributed by atoms with E-state index in [0.29, 0.717) is 11.4 Å². The zero-order valence-electron chi connectivity index (χ0n) is 20.7. The van der Waals surface area contributed by atoms with Gasteiger partial charge in [0.15, 0.2) is 5.60 Å². The molecule has 206 valence electrons. The fourth-order valence-corrected chi connectivity index (χ4v) is 3.68. The summed E-state index contributed by atoms with van der Waals surface area (Å²) in [5, 5.41) is 48.2. The fraction of sp³-hybridized carbons (Fsp3) is 0.348. The molecule has 0 fully saturated rings. The molecule has 0 unspecified atom stereocenters. The van der Waals surface area contributed by atoms with Crippen LogP contribution in [0.15, 0.2) is 46.8 Å². The molecule has 0 radical (unpaired) electrons. The van der Waals surface area contributed by atoms with Crippen molar-refractivity contribution in [3.05, 3.63) is 62.5 Å². The van der Waals surface area contributed by atoms with Crippen LogP contribution < -0.4 is 5.32 Å². The SMILES string of the molecule is COC(=O)C1=C(C)NC(C)=C(C(=O)OC)C1c1ccccc1[N+](=O)[O-].O=C(O)CC(O)(CC(=O)O)C(=O)O. The van der Waals surface area contributed by atoms with Crippen LogP contribution >= 0.6 is 0 Å². The Morgan fingerprint density at radius 1 is 0.921 bits per heavy atom. The molecule has 1 aromatic rings. The largest absolute Gasteiger partial charge is 0.481 e. The van der Waals surface area contributed by atoms with Gasteiger partial charge in [0.2, 0.25) is 0 Å². The summed E-state index contributed by atoms with van der Waals surface area (Å²) in [5.74, 6) is -7.35. The number of carbonyl (C=O) groups excluding carboxylic acids is 2. The second-order valence-electron chi connectivity index (χ2n) is 7.91. The van der Waals surface area contributed by atoms with Crippen molar-refractivity contribution in [2.24, 2.45) is 0 Å². The molecule has 2 rings (SSSR count). The molecule has 1 aromatic carbocycles. The molecule has 0 aromatic heterocycles. The molecule has 0 aliphatic carbocycles. The molecule has 5 N–H and O–H groups in total. The van der Waals surface area contributed by atoms with Crippen LogP contribution in [0.2, 0.25) is 0 Å². The van der Waals surface area contributed by atoms with E-state index in [1.54, 1.807) is 19.9 Å². The second kappa shape index (κ2) is 13.0. The number of hydrogen-bond donors (Lipinski definition) is 5. The lowest BCUT2D eigenvalue weighted by Crippen LogP contribution is -2.42. The third kappa shape index (κ3) is 7.36. The topological polar surface area (TPSA) is 240 Å². The van der Waals surface area contributed by atoms with E-state index in [1.165, 1.54) is 32.4 Å². The van der Waals surface area contributed by atoms with Gasteiger partial charge in [0.1, 0.15) is 0 Å². The van der Waals surface area contributed by atoms with Crippen molar-refractivity contribution in [1.29, 1.82) is 0 Å². The number of esters is 2. The number of carboxylic acids is 3. The number of ether oxygens (including phenoxy) is 2. The van der Waals surface area contributed by atoms with Crippen LogP contribution in [0.5, 0.6) is 0 Å². The summed E-state index contributed by atoms with van der Waals surface area (Å²) in [6.45, 7) is 3.29. The van der Waals surface area contributed by atoms with Gasteiger partial charge >= 0.3 is 29.8 Å². The molecule has 0 bridgehead atoms. The summed E-state index contributed by atoms with van der Waals surface area (Å²) in [6.07, 6.45) is -2.29. The maximum absolute atomic E-state index is 12.3. The first-order valence-corrected chi connectivity index (χ1v) is 10.6.